The number of nitrogens with one attached hydrogen (secondary N) is 1. The van der Waals surface area contributed by atoms with Crippen LogP contribution >= 0.6 is 0 Å². The third-order valence-electron chi connectivity index (χ3n) is 3.98. The van der Waals surface area contributed by atoms with Gasteiger partial charge in [-0.1, -0.05) is 24.3 Å². The van der Waals surface area contributed by atoms with Crippen molar-refractivity contribution >= 4 is 15.9 Å². The number of rotatable bonds is 8. The van der Waals surface area contributed by atoms with E-state index in [2.05, 4.69) is 5.32 Å². The first kappa shape index (κ1) is 19.9. The summed E-state index contributed by atoms with van der Waals surface area (Å²) in [5.41, 5.74) is 1.41. The van der Waals surface area contributed by atoms with Crippen LogP contribution in [0.25, 0.3) is 0 Å². The van der Waals surface area contributed by atoms with E-state index in [-0.39, 0.29) is 10.8 Å². The summed E-state index contributed by atoms with van der Waals surface area (Å²) in [6.45, 7) is 0.488. The molecule has 0 aliphatic carbocycles. The summed E-state index contributed by atoms with van der Waals surface area (Å²) in [4.78, 5) is 12.4. The summed E-state index contributed by atoms with van der Waals surface area (Å²) < 4.78 is 30.8. The van der Waals surface area contributed by atoms with Gasteiger partial charge in [0.1, 0.15) is 5.75 Å². The first-order valence-corrected chi connectivity index (χ1v) is 9.73. The zero-order chi connectivity index (χ0) is 19.2. The lowest BCUT2D eigenvalue weighted by atomic mass is 10.1. The highest BCUT2D eigenvalue weighted by atomic mass is 32.2. The molecule has 0 atom stereocenters. The van der Waals surface area contributed by atoms with Crippen LogP contribution in [-0.4, -0.2) is 46.4 Å². The van der Waals surface area contributed by atoms with Gasteiger partial charge in [-0.2, -0.15) is 0 Å². The van der Waals surface area contributed by atoms with Crippen molar-refractivity contribution in [2.75, 3.05) is 27.7 Å². The van der Waals surface area contributed by atoms with Crippen molar-refractivity contribution in [1.29, 1.82) is 0 Å². The second-order valence-electron chi connectivity index (χ2n) is 5.99. The van der Waals surface area contributed by atoms with Crippen LogP contribution < -0.4 is 10.1 Å². The SMILES string of the molecule is COc1ccccc1CCCNC(=O)c1cccc(S(=O)(=O)N(C)C)c1. The predicted molar refractivity (Wildman–Crippen MR) is 101 cm³/mol. The molecule has 2 aromatic rings. The van der Waals surface area contributed by atoms with Gasteiger partial charge >= 0.3 is 0 Å². The number of ether oxygens (including phenoxy) is 1. The fraction of sp³-hybridized carbons (Fsp3) is 0.316. The minimum Gasteiger partial charge on any atom is -0.496 e. The Kier molecular flexibility index (Phi) is 6.76. The van der Waals surface area contributed by atoms with Gasteiger partial charge in [-0.15, -0.1) is 0 Å². The topological polar surface area (TPSA) is 75.7 Å². The standard InChI is InChI=1S/C19H24N2O4S/c1-21(2)26(23,24)17-11-6-9-16(14-17)19(22)20-13-7-10-15-8-4-5-12-18(15)25-3/h4-6,8-9,11-12,14H,7,10,13H2,1-3H3,(H,20,22). The van der Waals surface area contributed by atoms with Crippen LogP contribution in [-0.2, 0) is 16.4 Å². The van der Waals surface area contributed by atoms with Crippen molar-refractivity contribution in [3.8, 4) is 5.75 Å². The molecule has 0 fully saturated rings. The third kappa shape index (κ3) is 4.83. The number of hydrogen-bond acceptors (Lipinski definition) is 4. The number of carbonyl (C=O) groups is 1. The van der Waals surface area contributed by atoms with Gasteiger partial charge in [-0.3, -0.25) is 4.79 Å². The lowest BCUT2D eigenvalue weighted by molar-refractivity contribution is 0.0953. The van der Waals surface area contributed by atoms with Crippen LogP contribution in [0.3, 0.4) is 0 Å². The summed E-state index contributed by atoms with van der Waals surface area (Å²) >= 11 is 0. The van der Waals surface area contributed by atoms with Crippen molar-refractivity contribution in [1.82, 2.24) is 9.62 Å². The number of nitrogens with zero attached hydrogens (tertiary/aromatic N) is 1. The van der Waals surface area contributed by atoms with E-state index >= 15 is 0 Å². The number of benzene rings is 2. The minimum atomic E-state index is -3.56. The molecule has 0 saturated carbocycles. The number of amides is 1. The number of carbonyl (C=O) groups excluding carboxylic acids is 1. The molecule has 0 bridgehead atoms. The molecule has 26 heavy (non-hydrogen) atoms. The van der Waals surface area contributed by atoms with E-state index in [4.69, 9.17) is 4.74 Å². The summed E-state index contributed by atoms with van der Waals surface area (Å²) in [6, 6.07) is 13.8. The van der Waals surface area contributed by atoms with Gasteiger partial charge < -0.3 is 10.1 Å². The Morgan fingerprint density at radius 2 is 1.85 bits per heavy atom. The van der Waals surface area contributed by atoms with E-state index in [1.54, 1.807) is 19.2 Å². The molecule has 0 heterocycles. The van der Waals surface area contributed by atoms with E-state index in [0.717, 1.165) is 28.5 Å². The fourth-order valence-electron chi connectivity index (χ4n) is 2.50. The Labute approximate surface area is 154 Å². The molecule has 0 unspecified atom stereocenters. The van der Waals surface area contributed by atoms with Gasteiger partial charge in [0.15, 0.2) is 0 Å². The average molecular weight is 376 g/mol. The van der Waals surface area contributed by atoms with Crippen molar-refractivity contribution in [3.63, 3.8) is 0 Å². The summed E-state index contributed by atoms with van der Waals surface area (Å²) in [7, 11) is 0.988. The van der Waals surface area contributed by atoms with Crippen molar-refractivity contribution in [2.24, 2.45) is 0 Å². The normalized spacial score (nSPS) is 11.4. The smallest absolute Gasteiger partial charge is 0.251 e. The maximum absolute atomic E-state index is 12.3. The van der Waals surface area contributed by atoms with Gasteiger partial charge in [0.05, 0.1) is 12.0 Å². The lowest BCUT2D eigenvalue weighted by Gasteiger charge is -2.12. The number of sulfonamides is 1. The van der Waals surface area contributed by atoms with Gasteiger partial charge in [-0.25, -0.2) is 12.7 Å². The Bertz CT molecular complexity index is 863. The van der Waals surface area contributed by atoms with E-state index in [1.165, 1.54) is 26.2 Å². The van der Waals surface area contributed by atoms with E-state index in [9.17, 15) is 13.2 Å². The quantitative estimate of drug-likeness (QED) is 0.718. The molecule has 1 amide bonds. The van der Waals surface area contributed by atoms with Crippen LogP contribution in [0.1, 0.15) is 22.3 Å². The molecule has 0 radical (unpaired) electrons. The molecule has 140 valence electrons. The summed E-state index contributed by atoms with van der Waals surface area (Å²) in [5, 5.41) is 2.83. The third-order valence-corrected chi connectivity index (χ3v) is 5.79. The Balaban J connectivity index is 1.94. The van der Waals surface area contributed by atoms with E-state index < -0.39 is 10.0 Å². The monoisotopic (exact) mass is 376 g/mol. The summed E-state index contributed by atoms with van der Waals surface area (Å²) in [5.74, 6) is 0.543. The number of hydrogen-bond donors (Lipinski definition) is 1. The fourth-order valence-corrected chi connectivity index (χ4v) is 3.45. The van der Waals surface area contributed by atoms with Crippen LogP contribution in [0.4, 0.5) is 0 Å². The summed E-state index contributed by atoms with van der Waals surface area (Å²) in [6.07, 6.45) is 1.53. The molecular weight excluding hydrogens is 352 g/mol. The molecule has 0 aliphatic heterocycles. The molecule has 0 saturated heterocycles. The second kappa shape index (κ2) is 8.82. The van der Waals surface area contributed by atoms with Gasteiger partial charge in [0, 0.05) is 26.2 Å². The molecule has 2 rings (SSSR count). The molecule has 6 nitrogen and oxygen atoms in total. The van der Waals surface area contributed by atoms with Gasteiger partial charge in [-0.05, 0) is 42.7 Å². The molecule has 0 spiro atoms. The highest BCUT2D eigenvalue weighted by Gasteiger charge is 2.18. The van der Waals surface area contributed by atoms with Crippen molar-refractivity contribution in [3.05, 3.63) is 59.7 Å². The van der Waals surface area contributed by atoms with E-state index in [0.29, 0.717) is 12.1 Å². The first-order chi connectivity index (χ1) is 12.4. The molecule has 7 heteroatoms. The zero-order valence-corrected chi connectivity index (χ0v) is 16.0. The average Bonchev–Trinajstić information content (AvgIpc) is 2.65. The van der Waals surface area contributed by atoms with Crippen LogP contribution in [0.2, 0.25) is 0 Å². The molecule has 0 aromatic heterocycles. The highest BCUT2D eigenvalue weighted by Crippen LogP contribution is 2.18. The lowest BCUT2D eigenvalue weighted by Crippen LogP contribution is -2.26. The molecule has 0 aliphatic rings. The Morgan fingerprint density at radius 3 is 2.54 bits per heavy atom. The molecule has 2 aromatic carbocycles. The van der Waals surface area contributed by atoms with Crippen molar-refractivity contribution in [2.45, 2.75) is 17.7 Å². The first-order valence-electron chi connectivity index (χ1n) is 8.29. The maximum atomic E-state index is 12.3. The van der Waals surface area contributed by atoms with E-state index in [1.807, 2.05) is 24.3 Å². The van der Waals surface area contributed by atoms with Gasteiger partial charge in [0.2, 0.25) is 10.0 Å². The molecular formula is C19H24N2O4S. The predicted octanol–water partition coefficient (Wildman–Crippen LogP) is 2.31. The largest absolute Gasteiger partial charge is 0.496 e. The number of para-hydroxylation sites is 1. The van der Waals surface area contributed by atoms with Crippen LogP contribution in [0.5, 0.6) is 5.75 Å². The van der Waals surface area contributed by atoms with Gasteiger partial charge in [0.25, 0.3) is 5.91 Å². The Morgan fingerprint density at radius 1 is 1.12 bits per heavy atom. The zero-order valence-electron chi connectivity index (χ0n) is 15.2. The minimum absolute atomic E-state index is 0.101. The highest BCUT2D eigenvalue weighted by molar-refractivity contribution is 7.89. The number of methoxy groups -OCH3 is 1. The van der Waals surface area contributed by atoms with Crippen LogP contribution in [0.15, 0.2) is 53.4 Å². The molecule has 1 N–H and O–H groups in total. The second-order valence-corrected chi connectivity index (χ2v) is 8.14. The number of aryl methyl sites for hydroxylation is 1. The van der Waals surface area contributed by atoms with Crippen molar-refractivity contribution < 1.29 is 17.9 Å². The maximum Gasteiger partial charge on any atom is 0.251 e. The Hall–Kier alpha value is -2.38. The van der Waals surface area contributed by atoms with Crippen LogP contribution in [0, 0.1) is 0 Å².